The Labute approximate surface area is 129 Å². The SMILES string of the molecule is CC(C)CNCc1cccc(Cl)c1Oc1ccccc1F. The van der Waals surface area contributed by atoms with E-state index < -0.39 is 5.82 Å². The second-order valence-electron chi connectivity index (χ2n) is 5.29. The molecule has 0 radical (unpaired) electrons. The van der Waals surface area contributed by atoms with Crippen LogP contribution in [-0.2, 0) is 6.54 Å². The Balaban J connectivity index is 2.20. The molecule has 112 valence electrons. The van der Waals surface area contributed by atoms with Crippen molar-refractivity contribution < 1.29 is 9.13 Å². The zero-order valence-corrected chi connectivity index (χ0v) is 13.0. The summed E-state index contributed by atoms with van der Waals surface area (Å²) < 4.78 is 19.4. The van der Waals surface area contributed by atoms with E-state index in [2.05, 4.69) is 19.2 Å². The first kappa shape index (κ1) is 15.8. The minimum atomic E-state index is -0.404. The van der Waals surface area contributed by atoms with Gasteiger partial charge >= 0.3 is 0 Å². The summed E-state index contributed by atoms with van der Waals surface area (Å²) in [7, 11) is 0. The fraction of sp³-hybridized carbons (Fsp3) is 0.294. The molecule has 0 saturated heterocycles. The second-order valence-corrected chi connectivity index (χ2v) is 5.69. The van der Waals surface area contributed by atoms with Crippen LogP contribution in [-0.4, -0.2) is 6.54 Å². The molecular weight excluding hydrogens is 289 g/mol. The summed E-state index contributed by atoms with van der Waals surface area (Å²) in [5.41, 5.74) is 0.909. The average molecular weight is 308 g/mol. The molecule has 0 bridgehead atoms. The molecule has 0 spiro atoms. The third-order valence-electron chi connectivity index (χ3n) is 2.97. The van der Waals surface area contributed by atoms with Crippen molar-refractivity contribution in [2.75, 3.05) is 6.54 Å². The highest BCUT2D eigenvalue weighted by Crippen LogP contribution is 2.33. The molecule has 4 heteroatoms. The van der Waals surface area contributed by atoms with Gasteiger partial charge in [-0.15, -0.1) is 0 Å². The summed E-state index contributed by atoms with van der Waals surface area (Å²) in [4.78, 5) is 0. The molecule has 2 rings (SSSR count). The van der Waals surface area contributed by atoms with Gasteiger partial charge in [-0.25, -0.2) is 4.39 Å². The third kappa shape index (κ3) is 4.45. The van der Waals surface area contributed by atoms with Gasteiger partial charge in [0.2, 0.25) is 0 Å². The van der Waals surface area contributed by atoms with Crippen LogP contribution in [0.15, 0.2) is 42.5 Å². The van der Waals surface area contributed by atoms with Crippen LogP contribution in [0.1, 0.15) is 19.4 Å². The fourth-order valence-electron chi connectivity index (χ4n) is 1.94. The lowest BCUT2D eigenvalue weighted by Gasteiger charge is -2.14. The summed E-state index contributed by atoms with van der Waals surface area (Å²) in [5.74, 6) is 0.829. The van der Waals surface area contributed by atoms with E-state index in [9.17, 15) is 4.39 Å². The van der Waals surface area contributed by atoms with Crippen LogP contribution in [0.25, 0.3) is 0 Å². The molecule has 1 N–H and O–H groups in total. The maximum absolute atomic E-state index is 13.7. The zero-order valence-electron chi connectivity index (χ0n) is 12.2. The van der Waals surface area contributed by atoms with E-state index in [1.165, 1.54) is 6.07 Å². The largest absolute Gasteiger partial charge is 0.452 e. The highest BCUT2D eigenvalue weighted by molar-refractivity contribution is 6.32. The lowest BCUT2D eigenvalue weighted by atomic mass is 10.1. The molecule has 0 aliphatic heterocycles. The average Bonchev–Trinajstić information content (AvgIpc) is 2.44. The first-order valence-corrected chi connectivity index (χ1v) is 7.36. The lowest BCUT2D eigenvalue weighted by Crippen LogP contribution is -2.19. The molecule has 21 heavy (non-hydrogen) atoms. The normalized spacial score (nSPS) is 10.9. The first-order valence-electron chi connectivity index (χ1n) is 6.98. The number of nitrogens with one attached hydrogen (secondary N) is 1. The van der Waals surface area contributed by atoms with E-state index >= 15 is 0 Å². The van der Waals surface area contributed by atoms with Gasteiger partial charge in [0.1, 0.15) is 0 Å². The lowest BCUT2D eigenvalue weighted by molar-refractivity contribution is 0.434. The molecule has 2 nitrogen and oxygen atoms in total. The van der Waals surface area contributed by atoms with Crippen LogP contribution < -0.4 is 10.1 Å². The zero-order chi connectivity index (χ0) is 15.2. The Morgan fingerprint density at radius 3 is 2.62 bits per heavy atom. The molecule has 0 amide bonds. The summed E-state index contributed by atoms with van der Waals surface area (Å²) in [6.45, 7) is 5.80. The summed E-state index contributed by atoms with van der Waals surface area (Å²) >= 11 is 6.20. The highest BCUT2D eigenvalue weighted by atomic mass is 35.5. The molecule has 0 heterocycles. The molecule has 0 unspecified atom stereocenters. The van der Waals surface area contributed by atoms with Crippen LogP contribution >= 0.6 is 11.6 Å². The Morgan fingerprint density at radius 1 is 1.14 bits per heavy atom. The first-order chi connectivity index (χ1) is 10.1. The topological polar surface area (TPSA) is 21.3 Å². The summed E-state index contributed by atoms with van der Waals surface area (Å²) in [6.07, 6.45) is 0. The maximum Gasteiger partial charge on any atom is 0.165 e. The van der Waals surface area contributed by atoms with Crippen LogP contribution in [0, 0.1) is 11.7 Å². The number of benzene rings is 2. The molecule has 0 aliphatic carbocycles. The molecule has 0 saturated carbocycles. The van der Waals surface area contributed by atoms with Gasteiger partial charge in [0, 0.05) is 12.1 Å². The summed E-state index contributed by atoms with van der Waals surface area (Å²) in [5, 5.41) is 3.81. The predicted octanol–water partition coefficient (Wildman–Crippen LogP) is 5.02. The Hall–Kier alpha value is -1.58. The standard InChI is InChI=1S/C17H19ClFNO/c1-12(2)10-20-11-13-6-5-7-14(18)17(13)21-16-9-4-3-8-15(16)19/h3-9,12,20H,10-11H2,1-2H3. The van der Waals surface area contributed by atoms with E-state index in [1.807, 2.05) is 12.1 Å². The third-order valence-corrected chi connectivity index (χ3v) is 3.26. The minimum Gasteiger partial charge on any atom is -0.452 e. The van der Waals surface area contributed by atoms with Crippen molar-refractivity contribution in [1.82, 2.24) is 5.32 Å². The highest BCUT2D eigenvalue weighted by Gasteiger charge is 2.12. The number of hydrogen-bond donors (Lipinski definition) is 1. The van der Waals surface area contributed by atoms with Gasteiger partial charge in [-0.2, -0.15) is 0 Å². The maximum atomic E-state index is 13.7. The van der Waals surface area contributed by atoms with Gasteiger partial charge in [0.25, 0.3) is 0 Å². The predicted molar refractivity (Wildman–Crippen MR) is 84.5 cm³/mol. The molecule has 0 aliphatic rings. The van der Waals surface area contributed by atoms with E-state index in [0.29, 0.717) is 23.2 Å². The number of halogens is 2. The van der Waals surface area contributed by atoms with Crippen LogP contribution in [0.3, 0.4) is 0 Å². The number of hydrogen-bond acceptors (Lipinski definition) is 2. The molecular formula is C17H19ClFNO. The minimum absolute atomic E-state index is 0.177. The number of ether oxygens (including phenoxy) is 1. The number of para-hydroxylation sites is 2. The van der Waals surface area contributed by atoms with Gasteiger partial charge in [0.15, 0.2) is 17.3 Å². The quantitative estimate of drug-likeness (QED) is 0.809. The smallest absolute Gasteiger partial charge is 0.165 e. The van der Waals surface area contributed by atoms with Gasteiger partial charge in [-0.1, -0.05) is 49.7 Å². The van der Waals surface area contributed by atoms with Gasteiger partial charge in [0.05, 0.1) is 5.02 Å². The molecule has 2 aromatic carbocycles. The van der Waals surface area contributed by atoms with E-state index in [-0.39, 0.29) is 5.75 Å². The second kappa shape index (κ2) is 7.43. The van der Waals surface area contributed by atoms with Crippen molar-refractivity contribution in [2.24, 2.45) is 5.92 Å². The number of rotatable bonds is 6. The van der Waals surface area contributed by atoms with E-state index in [4.69, 9.17) is 16.3 Å². The summed E-state index contributed by atoms with van der Waals surface area (Å²) in [6, 6.07) is 11.8. The van der Waals surface area contributed by atoms with Gasteiger partial charge < -0.3 is 10.1 Å². The van der Waals surface area contributed by atoms with Crippen molar-refractivity contribution in [2.45, 2.75) is 20.4 Å². The molecule has 0 aromatic heterocycles. The van der Waals surface area contributed by atoms with Crippen LogP contribution in [0.5, 0.6) is 11.5 Å². The van der Waals surface area contributed by atoms with Crippen molar-refractivity contribution in [3.05, 3.63) is 58.9 Å². The Morgan fingerprint density at radius 2 is 1.90 bits per heavy atom. The van der Waals surface area contributed by atoms with Crippen molar-refractivity contribution in [3.63, 3.8) is 0 Å². The Kier molecular flexibility index (Phi) is 5.59. The van der Waals surface area contributed by atoms with E-state index in [0.717, 1.165) is 12.1 Å². The molecule has 0 atom stereocenters. The van der Waals surface area contributed by atoms with Crippen molar-refractivity contribution >= 4 is 11.6 Å². The Bertz CT molecular complexity index is 601. The molecule has 0 fully saturated rings. The molecule has 2 aromatic rings. The van der Waals surface area contributed by atoms with Crippen molar-refractivity contribution in [1.29, 1.82) is 0 Å². The van der Waals surface area contributed by atoms with Crippen LogP contribution in [0.2, 0.25) is 5.02 Å². The van der Waals surface area contributed by atoms with Crippen LogP contribution in [0.4, 0.5) is 4.39 Å². The van der Waals surface area contributed by atoms with Gasteiger partial charge in [-0.3, -0.25) is 0 Å². The van der Waals surface area contributed by atoms with Gasteiger partial charge in [-0.05, 0) is 30.7 Å². The van der Waals surface area contributed by atoms with E-state index in [1.54, 1.807) is 24.3 Å². The fourth-order valence-corrected chi connectivity index (χ4v) is 2.17. The monoisotopic (exact) mass is 307 g/mol. The van der Waals surface area contributed by atoms with Crippen molar-refractivity contribution in [3.8, 4) is 11.5 Å².